The van der Waals surface area contributed by atoms with Crippen molar-refractivity contribution in [2.45, 2.75) is 6.04 Å². The number of hydrogen-bond donors (Lipinski definition) is 2. The number of aliphatic hydroxyl groups is 1. The second-order valence-corrected chi connectivity index (χ2v) is 8.46. The van der Waals surface area contributed by atoms with Crippen molar-refractivity contribution in [2.24, 2.45) is 0 Å². The monoisotopic (exact) mass is 503 g/mol. The molecular weight excluding hydrogens is 489 g/mol. The molecule has 1 aliphatic heterocycles. The third-order valence-electron chi connectivity index (χ3n) is 5.22. The van der Waals surface area contributed by atoms with E-state index in [-0.39, 0.29) is 32.7 Å². The minimum Gasteiger partial charge on any atom is -0.508 e. The number of phenolic OH excluding ortho intramolecular Hbond substituents is 1. The normalized spacial score (nSPS) is 17.5. The van der Waals surface area contributed by atoms with Crippen molar-refractivity contribution in [3.8, 4) is 11.5 Å². The molecule has 0 spiro atoms. The molecule has 33 heavy (non-hydrogen) atoms. The first kappa shape index (κ1) is 23.0. The molecule has 1 atom stereocenters. The number of amides is 1. The number of anilines is 1. The summed E-state index contributed by atoms with van der Waals surface area (Å²) in [6.07, 6.45) is 0. The van der Waals surface area contributed by atoms with Gasteiger partial charge in [-0.25, -0.2) is 0 Å². The third-order valence-corrected chi connectivity index (χ3v) is 6.01. The summed E-state index contributed by atoms with van der Waals surface area (Å²) in [4.78, 5) is 27.5. The van der Waals surface area contributed by atoms with Crippen LogP contribution in [0.2, 0.25) is 15.1 Å². The molecule has 0 bridgehead atoms. The Balaban J connectivity index is 1.96. The fourth-order valence-electron chi connectivity index (χ4n) is 3.74. The van der Waals surface area contributed by atoms with Gasteiger partial charge in [-0.15, -0.1) is 0 Å². The van der Waals surface area contributed by atoms with E-state index in [4.69, 9.17) is 39.5 Å². The molecule has 0 aliphatic carbocycles. The lowest BCUT2D eigenvalue weighted by atomic mass is 9.95. The number of carbonyl (C=O) groups excluding carboxylic acids is 2. The Hall–Kier alpha value is -3.19. The van der Waals surface area contributed by atoms with E-state index in [2.05, 4.69) is 0 Å². The molecule has 6 nitrogen and oxygen atoms in total. The van der Waals surface area contributed by atoms with Gasteiger partial charge >= 0.3 is 0 Å². The van der Waals surface area contributed by atoms with Crippen LogP contribution in [0.4, 0.5) is 5.69 Å². The van der Waals surface area contributed by atoms with Crippen LogP contribution in [-0.2, 0) is 9.59 Å². The molecule has 0 saturated carbocycles. The van der Waals surface area contributed by atoms with Crippen LogP contribution in [0.25, 0.3) is 5.76 Å². The highest BCUT2D eigenvalue weighted by Gasteiger charge is 2.47. The molecule has 1 heterocycles. The molecule has 1 saturated heterocycles. The number of nitrogens with zero attached hydrogens (tertiary/aromatic N) is 1. The molecule has 9 heteroatoms. The fraction of sp³-hybridized carbons (Fsp3) is 0.0833. The van der Waals surface area contributed by atoms with Gasteiger partial charge in [0.05, 0.1) is 28.8 Å². The van der Waals surface area contributed by atoms with E-state index >= 15 is 0 Å². The van der Waals surface area contributed by atoms with E-state index < -0.39 is 23.5 Å². The van der Waals surface area contributed by atoms with Crippen molar-refractivity contribution in [1.29, 1.82) is 0 Å². The summed E-state index contributed by atoms with van der Waals surface area (Å²) < 4.78 is 5.13. The molecular formula is C24H16Cl3NO5. The molecule has 1 aliphatic rings. The van der Waals surface area contributed by atoms with Crippen LogP contribution < -0.4 is 9.64 Å². The van der Waals surface area contributed by atoms with E-state index in [0.717, 1.165) is 0 Å². The maximum Gasteiger partial charge on any atom is 0.300 e. The number of rotatable bonds is 4. The van der Waals surface area contributed by atoms with Crippen molar-refractivity contribution >= 4 is 57.9 Å². The molecule has 3 aromatic rings. The van der Waals surface area contributed by atoms with Crippen LogP contribution in [0.1, 0.15) is 17.2 Å². The molecule has 2 N–H and O–H groups in total. The molecule has 4 rings (SSSR count). The lowest BCUT2D eigenvalue weighted by molar-refractivity contribution is -0.132. The summed E-state index contributed by atoms with van der Waals surface area (Å²) in [6, 6.07) is 14.2. The lowest BCUT2D eigenvalue weighted by Gasteiger charge is -2.25. The zero-order chi connectivity index (χ0) is 23.9. The minimum atomic E-state index is -0.997. The van der Waals surface area contributed by atoms with Gasteiger partial charge in [-0.3, -0.25) is 14.5 Å². The second-order valence-electron chi connectivity index (χ2n) is 7.21. The van der Waals surface area contributed by atoms with E-state index in [1.807, 2.05) is 0 Å². The number of aliphatic hydroxyl groups excluding tert-OH is 1. The van der Waals surface area contributed by atoms with Crippen molar-refractivity contribution < 1.29 is 24.5 Å². The number of halogens is 3. The van der Waals surface area contributed by atoms with Gasteiger partial charge in [0.15, 0.2) is 5.75 Å². The zero-order valence-electron chi connectivity index (χ0n) is 17.1. The Morgan fingerprint density at radius 1 is 0.970 bits per heavy atom. The molecule has 1 unspecified atom stereocenters. The van der Waals surface area contributed by atoms with Crippen molar-refractivity contribution in [1.82, 2.24) is 0 Å². The Labute approximate surface area is 204 Å². The molecule has 0 aromatic heterocycles. The van der Waals surface area contributed by atoms with Gasteiger partial charge in [-0.1, -0.05) is 53.0 Å². The maximum absolute atomic E-state index is 13.2. The number of ether oxygens (including phenoxy) is 1. The first-order valence-electron chi connectivity index (χ1n) is 9.61. The number of benzene rings is 3. The van der Waals surface area contributed by atoms with Crippen LogP contribution in [0, 0.1) is 0 Å². The smallest absolute Gasteiger partial charge is 0.300 e. The summed E-state index contributed by atoms with van der Waals surface area (Å²) in [6.45, 7) is 0. The summed E-state index contributed by atoms with van der Waals surface area (Å²) >= 11 is 18.6. The fourth-order valence-corrected chi connectivity index (χ4v) is 4.57. The molecule has 0 radical (unpaired) electrons. The first-order valence-corrected chi connectivity index (χ1v) is 10.7. The van der Waals surface area contributed by atoms with Crippen LogP contribution in [0.15, 0.2) is 66.2 Å². The molecule has 168 valence electrons. The third kappa shape index (κ3) is 4.13. The average Bonchev–Trinajstić information content (AvgIpc) is 3.04. The number of hydrogen-bond acceptors (Lipinski definition) is 5. The van der Waals surface area contributed by atoms with Gasteiger partial charge in [0.2, 0.25) is 0 Å². The van der Waals surface area contributed by atoms with E-state index in [1.54, 1.807) is 36.4 Å². The standard InChI is InChI=1S/C24H16Cl3NO5/c1-33-23-17(26)9-13(10-18(23)27)21(30)19-20(12-5-7-16(29)8-6-12)28(24(32)22(19)31)15-4-2-3-14(25)11-15/h2-11,20,29-30H,1H3/b21-19+. The largest absolute Gasteiger partial charge is 0.508 e. The van der Waals surface area contributed by atoms with E-state index in [9.17, 15) is 19.8 Å². The number of methoxy groups -OCH3 is 1. The predicted molar refractivity (Wildman–Crippen MR) is 127 cm³/mol. The van der Waals surface area contributed by atoms with Gasteiger partial charge in [-0.05, 0) is 48.0 Å². The summed E-state index contributed by atoms with van der Waals surface area (Å²) in [5, 5.41) is 21.5. The molecule has 3 aromatic carbocycles. The van der Waals surface area contributed by atoms with Gasteiger partial charge in [0.25, 0.3) is 11.7 Å². The quantitative estimate of drug-likeness (QED) is 0.259. The predicted octanol–water partition coefficient (Wildman–Crippen LogP) is 5.99. The second kappa shape index (κ2) is 8.98. The van der Waals surface area contributed by atoms with Crippen LogP contribution >= 0.6 is 34.8 Å². The first-order chi connectivity index (χ1) is 15.7. The van der Waals surface area contributed by atoms with Gasteiger partial charge in [0, 0.05) is 16.3 Å². The average molecular weight is 505 g/mol. The lowest BCUT2D eigenvalue weighted by Crippen LogP contribution is -2.29. The minimum absolute atomic E-state index is 0.00664. The zero-order valence-corrected chi connectivity index (χ0v) is 19.3. The van der Waals surface area contributed by atoms with Gasteiger partial charge in [-0.2, -0.15) is 0 Å². The Morgan fingerprint density at radius 3 is 2.18 bits per heavy atom. The highest BCUT2D eigenvalue weighted by atomic mass is 35.5. The Kier molecular flexibility index (Phi) is 6.26. The summed E-state index contributed by atoms with van der Waals surface area (Å²) in [5.41, 5.74) is 0.827. The van der Waals surface area contributed by atoms with Crippen LogP contribution in [0.5, 0.6) is 11.5 Å². The summed E-state index contributed by atoms with van der Waals surface area (Å²) in [7, 11) is 1.40. The van der Waals surface area contributed by atoms with E-state index in [0.29, 0.717) is 16.3 Å². The number of carbonyl (C=O) groups is 2. The number of ketones is 1. The highest BCUT2D eigenvalue weighted by molar-refractivity contribution is 6.52. The van der Waals surface area contributed by atoms with Gasteiger partial charge < -0.3 is 14.9 Å². The highest BCUT2D eigenvalue weighted by Crippen LogP contribution is 2.44. The van der Waals surface area contributed by atoms with Crippen molar-refractivity contribution in [3.63, 3.8) is 0 Å². The van der Waals surface area contributed by atoms with Gasteiger partial charge in [0.1, 0.15) is 11.5 Å². The molecule has 1 fully saturated rings. The van der Waals surface area contributed by atoms with E-state index in [1.165, 1.54) is 36.3 Å². The number of phenols is 1. The van der Waals surface area contributed by atoms with Crippen molar-refractivity contribution in [3.05, 3.63) is 92.4 Å². The Morgan fingerprint density at radius 2 is 1.61 bits per heavy atom. The summed E-state index contributed by atoms with van der Waals surface area (Å²) in [5.74, 6) is -1.98. The van der Waals surface area contributed by atoms with Crippen LogP contribution in [-0.4, -0.2) is 29.0 Å². The van der Waals surface area contributed by atoms with Crippen LogP contribution in [0.3, 0.4) is 0 Å². The maximum atomic E-state index is 13.2. The SMILES string of the molecule is COc1c(Cl)cc(/C(O)=C2\C(=O)C(=O)N(c3cccc(Cl)c3)C2c2ccc(O)cc2)cc1Cl. The number of Topliss-reactive ketones (excluding diaryl/α,β-unsaturated/α-hetero) is 1. The Bertz CT molecular complexity index is 1280. The molecule has 1 amide bonds. The number of aromatic hydroxyl groups is 1. The van der Waals surface area contributed by atoms with Crippen molar-refractivity contribution in [2.75, 3.05) is 12.0 Å². The topological polar surface area (TPSA) is 87.1 Å².